The predicted molar refractivity (Wildman–Crippen MR) is 351 cm³/mol. The van der Waals surface area contributed by atoms with Crippen molar-refractivity contribution in [1.82, 2.24) is 15.1 Å². The lowest BCUT2D eigenvalue weighted by atomic mass is 9.78. The van der Waals surface area contributed by atoms with Gasteiger partial charge in [0.05, 0.1) is 41.5 Å². The molecule has 1 amide bonds. The SMILES string of the molecule is CC(=O)c1cc(C)c(Br)cc1O.CC(C)(C)OC(=O)N1CCC(=O)CC1.CO.Cc1cc2c(cc1Br)OC1(CCCCC1)CC2=O.Cc1cc2c(cc1Br)OC1(CCN(C)CC1)CC2=O.Cc1cc2c(cc1Br)OC1(CCNCC1)CC2=O.Cl.Cl. The van der Waals surface area contributed by atoms with Gasteiger partial charge in [-0.15, -0.1) is 24.8 Å². The quantitative estimate of drug-likeness (QED) is 0.152. The molecule has 0 aromatic heterocycles. The van der Waals surface area contributed by atoms with Gasteiger partial charge >= 0.3 is 6.09 Å². The van der Waals surface area contributed by atoms with E-state index in [4.69, 9.17) is 24.1 Å². The molecule has 85 heavy (non-hydrogen) atoms. The second-order valence-corrected chi connectivity index (χ2v) is 27.2. The summed E-state index contributed by atoms with van der Waals surface area (Å²) < 4.78 is 27.6. The van der Waals surface area contributed by atoms with E-state index < -0.39 is 5.60 Å². The lowest BCUT2D eigenvalue weighted by molar-refractivity contribution is -0.121. The van der Waals surface area contributed by atoms with Crippen LogP contribution < -0.4 is 19.5 Å². The fourth-order valence-corrected chi connectivity index (χ4v) is 12.3. The molecule has 1 saturated carbocycles. The molecule has 3 spiro atoms. The minimum Gasteiger partial charge on any atom is -0.507 e. The Morgan fingerprint density at radius 3 is 1.32 bits per heavy atom. The van der Waals surface area contributed by atoms with Gasteiger partial charge in [0.2, 0.25) is 0 Å². The first-order valence-corrected chi connectivity index (χ1v) is 31.7. The van der Waals surface area contributed by atoms with Gasteiger partial charge < -0.3 is 44.3 Å². The second kappa shape index (κ2) is 32.0. The number of aromatic hydroxyl groups is 1. The van der Waals surface area contributed by atoms with Crippen molar-refractivity contribution in [3.63, 3.8) is 0 Å². The highest BCUT2D eigenvalue weighted by atomic mass is 79.9. The summed E-state index contributed by atoms with van der Waals surface area (Å²) in [6.45, 7) is 19.6. The van der Waals surface area contributed by atoms with Gasteiger partial charge in [0.1, 0.15) is 51.2 Å². The zero-order valence-corrected chi connectivity index (χ0v) is 58.4. The Morgan fingerprint density at radius 1 is 0.565 bits per heavy atom. The van der Waals surface area contributed by atoms with Crippen LogP contribution in [0.5, 0.6) is 23.0 Å². The van der Waals surface area contributed by atoms with E-state index in [0.29, 0.717) is 50.8 Å². The fourth-order valence-electron chi connectivity index (χ4n) is 11.0. The Kier molecular flexibility index (Phi) is 27.7. The fraction of sp³-hybridized carbons (Fsp3) is 0.531. The van der Waals surface area contributed by atoms with E-state index >= 15 is 0 Å². The minimum atomic E-state index is -0.460. The smallest absolute Gasteiger partial charge is 0.410 e. The van der Waals surface area contributed by atoms with Crippen LogP contribution in [0.3, 0.4) is 0 Å². The first kappa shape index (κ1) is 73.5. The van der Waals surface area contributed by atoms with Crippen LogP contribution in [0.15, 0.2) is 66.4 Å². The van der Waals surface area contributed by atoms with Crippen molar-refractivity contribution in [2.75, 3.05) is 53.4 Å². The van der Waals surface area contributed by atoms with E-state index in [-0.39, 0.29) is 82.4 Å². The zero-order valence-electron chi connectivity index (χ0n) is 50.5. The Morgan fingerprint density at radius 2 is 0.929 bits per heavy atom. The van der Waals surface area contributed by atoms with Gasteiger partial charge in [-0.3, -0.25) is 24.0 Å². The number of Topliss-reactive ketones (excluding diaryl/α,β-unsaturated/α-hetero) is 5. The van der Waals surface area contributed by atoms with E-state index in [0.717, 1.165) is 146 Å². The maximum Gasteiger partial charge on any atom is 0.410 e. The standard InChI is InChI=1S/C15H18BrNO2.C15H17BrO2.C14H16BrNO2.C10H17NO3.C9H9BrO2.CH4O.2ClH/c1-10-7-11-13(18)9-15(3-5-17(2)6-4-15)19-14(11)8-12(10)16;1-10-7-11-13(17)9-15(5-3-2-4-6-15)18-14(11)8-12(10)16;1-9-6-10-12(17)8-14(2-4-16-5-3-14)18-13(10)7-11(9)15;1-10(2,3)14-9(13)11-6-4-8(12)5-7-11;1-5-3-7(6(2)11)9(12)4-8(5)10;1-2;;/h7-8H,3-6,9H2,1-2H3;7-8H,2-6,9H2,1H3;6-7,16H,2-5,8H2,1H3;4-7H2,1-3H3;3-4,12H,1-2H3;2H,1H3;2*1H. The van der Waals surface area contributed by atoms with E-state index in [2.05, 4.69) is 81.0 Å². The van der Waals surface area contributed by atoms with Crippen molar-refractivity contribution in [2.24, 2.45) is 0 Å². The highest BCUT2D eigenvalue weighted by Gasteiger charge is 2.44. The number of phenolic OH excluding ortho intramolecular Hbond substituents is 1. The molecule has 11 rings (SSSR count). The Bertz CT molecular complexity index is 2960. The molecule has 3 N–H and O–H groups in total. The number of carbonyl (C=O) groups excluding carboxylic acids is 6. The third-order valence-corrected chi connectivity index (χ3v) is 19.3. The maximum absolute atomic E-state index is 12.4. The molecular weight excluding hydrogens is 1390 g/mol. The minimum absolute atomic E-state index is 0. The number of ether oxygens (including phenoxy) is 4. The van der Waals surface area contributed by atoms with Crippen molar-refractivity contribution in [2.45, 2.75) is 168 Å². The lowest BCUT2D eigenvalue weighted by Crippen LogP contribution is -2.50. The Labute approximate surface area is 547 Å². The van der Waals surface area contributed by atoms with Crippen LogP contribution in [0.2, 0.25) is 0 Å². The summed E-state index contributed by atoms with van der Waals surface area (Å²) in [5.41, 5.74) is 5.57. The number of benzene rings is 4. The summed E-state index contributed by atoms with van der Waals surface area (Å²) in [6, 6.07) is 14.8. The number of carbonyl (C=O) groups is 6. The number of phenols is 1. The normalized spacial score (nSPS) is 18.6. The number of hydrogen-bond donors (Lipinski definition) is 3. The van der Waals surface area contributed by atoms with Gasteiger partial charge in [-0.05, 0) is 172 Å². The number of aryl methyl sites for hydroxylation is 4. The van der Waals surface area contributed by atoms with E-state index in [9.17, 15) is 33.9 Å². The number of rotatable bonds is 1. The third-order valence-electron chi connectivity index (χ3n) is 15.9. The predicted octanol–water partition coefficient (Wildman–Crippen LogP) is 15.2. The Balaban J connectivity index is 0.000000227. The largest absolute Gasteiger partial charge is 0.507 e. The maximum atomic E-state index is 12.4. The van der Waals surface area contributed by atoms with Gasteiger partial charge in [-0.2, -0.15) is 0 Å². The second-order valence-electron chi connectivity index (χ2n) is 23.7. The van der Waals surface area contributed by atoms with Crippen LogP contribution in [-0.4, -0.2) is 131 Å². The average Bonchev–Trinajstić information content (AvgIpc) is 3.45. The summed E-state index contributed by atoms with van der Waals surface area (Å²) in [5, 5.41) is 19.7. The molecule has 7 aliphatic rings. The number of amides is 1. The number of halogens is 6. The number of likely N-dealkylation sites (tertiary alicyclic amines) is 2. The van der Waals surface area contributed by atoms with Crippen molar-refractivity contribution in [1.29, 1.82) is 0 Å². The van der Waals surface area contributed by atoms with Crippen LogP contribution in [-0.2, 0) is 9.53 Å². The molecule has 6 aliphatic heterocycles. The highest BCUT2D eigenvalue weighted by Crippen LogP contribution is 2.45. The molecule has 0 atom stereocenters. The summed E-state index contributed by atoms with van der Waals surface area (Å²) >= 11 is 13.8. The number of piperidine rings is 3. The Hall–Kier alpha value is -3.92. The van der Waals surface area contributed by atoms with Crippen molar-refractivity contribution in [3.8, 4) is 23.0 Å². The highest BCUT2D eigenvalue weighted by molar-refractivity contribution is 9.11. The number of fused-ring (bicyclic) bond motifs is 3. The topological polar surface area (TPSA) is 198 Å². The number of ketones is 5. The van der Waals surface area contributed by atoms with Crippen molar-refractivity contribution < 1.29 is 57.9 Å². The monoisotopic (exact) mass is 1470 g/mol. The van der Waals surface area contributed by atoms with Crippen LogP contribution in [0.1, 0.15) is 181 Å². The van der Waals surface area contributed by atoms with Crippen LogP contribution >= 0.6 is 88.5 Å². The zero-order chi connectivity index (χ0) is 61.2. The summed E-state index contributed by atoms with van der Waals surface area (Å²) in [6.07, 6.45) is 11.5. The van der Waals surface area contributed by atoms with Crippen molar-refractivity contribution in [3.05, 3.63) is 111 Å². The van der Waals surface area contributed by atoms with Gasteiger partial charge in [0.15, 0.2) is 23.1 Å². The molecule has 3 saturated heterocycles. The third kappa shape index (κ3) is 19.8. The number of nitrogens with zero attached hydrogens (tertiary/aromatic N) is 2. The summed E-state index contributed by atoms with van der Waals surface area (Å²) in [7, 11) is 3.12. The van der Waals surface area contributed by atoms with Gasteiger partial charge in [0.25, 0.3) is 0 Å². The molecular formula is C64H83Br4Cl2N3O12. The summed E-state index contributed by atoms with van der Waals surface area (Å²) in [4.78, 5) is 74.3. The van der Waals surface area contributed by atoms with Gasteiger partial charge in [0, 0.05) is 89.7 Å². The first-order valence-electron chi connectivity index (χ1n) is 28.5. The molecule has 15 nitrogen and oxygen atoms in total. The number of aliphatic hydroxyl groups is 1. The molecule has 468 valence electrons. The first-order chi connectivity index (χ1) is 39.1. The number of nitrogens with one attached hydrogen (secondary N) is 1. The molecule has 6 heterocycles. The van der Waals surface area contributed by atoms with E-state index in [1.165, 1.54) is 32.3 Å². The average molecular weight is 1480 g/mol. The number of aliphatic hydroxyl groups excluding tert-OH is 1. The van der Waals surface area contributed by atoms with Gasteiger partial charge in [-0.25, -0.2) is 4.79 Å². The van der Waals surface area contributed by atoms with Gasteiger partial charge in [-0.1, -0.05) is 70.1 Å². The van der Waals surface area contributed by atoms with E-state index in [1.54, 1.807) is 11.0 Å². The molecule has 4 aromatic rings. The molecule has 0 bridgehead atoms. The van der Waals surface area contributed by atoms with Crippen LogP contribution in [0.25, 0.3) is 0 Å². The molecule has 4 fully saturated rings. The van der Waals surface area contributed by atoms with Crippen LogP contribution in [0.4, 0.5) is 4.79 Å². The lowest BCUT2D eigenvalue weighted by Gasteiger charge is -2.43. The van der Waals surface area contributed by atoms with Crippen molar-refractivity contribution >= 4 is 124 Å². The number of hydrogen-bond acceptors (Lipinski definition) is 14. The molecule has 1 aliphatic carbocycles. The molecule has 4 aromatic carbocycles. The molecule has 0 radical (unpaired) electrons. The van der Waals surface area contributed by atoms with E-state index in [1.807, 2.05) is 84.9 Å². The van der Waals surface area contributed by atoms with Crippen LogP contribution in [0, 0.1) is 27.7 Å². The molecule has 0 unspecified atom stereocenters. The summed E-state index contributed by atoms with van der Waals surface area (Å²) in [5.74, 6) is 3.08. The molecule has 21 heteroatoms.